The van der Waals surface area contributed by atoms with Crippen molar-refractivity contribution in [2.24, 2.45) is 39.4 Å². The van der Waals surface area contributed by atoms with Crippen molar-refractivity contribution in [2.75, 3.05) is 6.61 Å². The van der Waals surface area contributed by atoms with Gasteiger partial charge >= 0.3 is 17.9 Å². The number of hydrogen-bond acceptors (Lipinski definition) is 9. The van der Waals surface area contributed by atoms with Gasteiger partial charge in [0, 0.05) is 47.8 Å². The standard InChI is InChI=1S/C36H48O11/c1-19(9-8-10-20(2)31(44)45)21-13-26(40)36(7)30-22(37)14-24-33(4,29(30)23(38)15-35(21,36)6)12-11-25(39)34(24,5)18-47-28(43)17-32(3,46)16-27(41)42/h10,19,21,24,46H,8-9,11-18H2,1-7H3,(H,41,42)(H,44,45)/b20-10+/t19-,21-,24-,32+,33+,34+,35-,36+/m1/s1. The summed E-state index contributed by atoms with van der Waals surface area (Å²) in [6.07, 6.45) is 2.01. The normalized spacial score (nSPS) is 35.9. The zero-order valence-corrected chi connectivity index (χ0v) is 28.5. The number of ketones is 4. The van der Waals surface area contributed by atoms with Crippen LogP contribution in [-0.4, -0.2) is 68.6 Å². The molecule has 8 atom stereocenters. The minimum Gasteiger partial charge on any atom is -0.481 e. The van der Waals surface area contributed by atoms with Gasteiger partial charge in [-0.05, 0) is 70.1 Å². The number of carbonyl (C=O) groups is 7. The van der Waals surface area contributed by atoms with Gasteiger partial charge in [0.1, 0.15) is 18.2 Å². The molecule has 2 saturated carbocycles. The number of fused-ring (bicyclic) bond motifs is 4. The molecule has 2 fully saturated rings. The molecule has 47 heavy (non-hydrogen) atoms. The highest BCUT2D eigenvalue weighted by Crippen LogP contribution is 2.69. The molecule has 0 unspecified atom stereocenters. The highest BCUT2D eigenvalue weighted by molar-refractivity contribution is 6.16. The van der Waals surface area contributed by atoms with E-state index in [9.17, 15) is 43.8 Å². The summed E-state index contributed by atoms with van der Waals surface area (Å²) in [7, 11) is 0. The molecule has 0 aromatic heterocycles. The Kier molecular flexibility index (Phi) is 9.44. The first-order chi connectivity index (χ1) is 21.5. The predicted octanol–water partition coefficient (Wildman–Crippen LogP) is 4.43. The lowest BCUT2D eigenvalue weighted by molar-refractivity contribution is -0.164. The number of hydrogen-bond donors (Lipinski definition) is 3. The summed E-state index contributed by atoms with van der Waals surface area (Å²) in [6, 6.07) is 0. The lowest BCUT2D eigenvalue weighted by Crippen LogP contribution is -2.60. The molecular formula is C36H48O11. The van der Waals surface area contributed by atoms with E-state index in [1.807, 2.05) is 20.8 Å². The van der Waals surface area contributed by atoms with E-state index < -0.39 is 70.5 Å². The molecule has 4 aliphatic rings. The van der Waals surface area contributed by atoms with Crippen LogP contribution in [-0.2, 0) is 38.3 Å². The number of aliphatic carboxylic acids is 2. The van der Waals surface area contributed by atoms with Crippen molar-refractivity contribution in [1.82, 2.24) is 0 Å². The Bertz CT molecular complexity index is 1500. The van der Waals surface area contributed by atoms with Crippen LogP contribution in [0.25, 0.3) is 0 Å². The number of Topliss-reactive ketones (excluding diaryl/α,β-unsaturated/α-hetero) is 4. The molecule has 11 nitrogen and oxygen atoms in total. The van der Waals surface area contributed by atoms with Crippen LogP contribution >= 0.6 is 0 Å². The van der Waals surface area contributed by atoms with Crippen molar-refractivity contribution < 1.29 is 53.6 Å². The average molecular weight is 657 g/mol. The molecule has 0 aromatic carbocycles. The second kappa shape index (κ2) is 12.2. The van der Waals surface area contributed by atoms with Gasteiger partial charge in [-0.2, -0.15) is 0 Å². The number of allylic oxidation sites excluding steroid dienone is 3. The zero-order valence-electron chi connectivity index (χ0n) is 28.5. The molecule has 11 heteroatoms. The Balaban J connectivity index is 1.67. The Morgan fingerprint density at radius 2 is 1.62 bits per heavy atom. The van der Waals surface area contributed by atoms with Crippen molar-refractivity contribution in [2.45, 2.75) is 112 Å². The number of ether oxygens (including phenoxy) is 1. The highest BCUT2D eigenvalue weighted by Gasteiger charge is 2.71. The second-order valence-electron chi connectivity index (χ2n) is 15.7. The van der Waals surface area contributed by atoms with E-state index in [0.717, 1.165) is 0 Å². The van der Waals surface area contributed by atoms with Crippen LogP contribution < -0.4 is 0 Å². The zero-order chi connectivity index (χ0) is 35.5. The second-order valence-corrected chi connectivity index (χ2v) is 15.7. The molecule has 4 rings (SSSR count). The van der Waals surface area contributed by atoms with Gasteiger partial charge in [-0.3, -0.25) is 28.8 Å². The molecule has 0 bridgehead atoms. The summed E-state index contributed by atoms with van der Waals surface area (Å²) < 4.78 is 5.47. The monoisotopic (exact) mass is 656 g/mol. The van der Waals surface area contributed by atoms with E-state index in [2.05, 4.69) is 0 Å². The summed E-state index contributed by atoms with van der Waals surface area (Å²) in [4.78, 5) is 91.2. The number of carboxylic acids is 2. The van der Waals surface area contributed by atoms with Crippen molar-refractivity contribution in [1.29, 1.82) is 0 Å². The lowest BCUT2D eigenvalue weighted by Gasteiger charge is -2.58. The van der Waals surface area contributed by atoms with Gasteiger partial charge in [-0.15, -0.1) is 0 Å². The van der Waals surface area contributed by atoms with Crippen molar-refractivity contribution >= 4 is 41.0 Å². The minimum absolute atomic E-state index is 0.0258. The Morgan fingerprint density at radius 1 is 0.979 bits per heavy atom. The first-order valence-corrected chi connectivity index (χ1v) is 16.4. The fraction of sp³-hybridized carbons (Fsp3) is 0.694. The van der Waals surface area contributed by atoms with Gasteiger partial charge in [0.25, 0.3) is 0 Å². The van der Waals surface area contributed by atoms with Crippen LogP contribution in [0.3, 0.4) is 0 Å². The van der Waals surface area contributed by atoms with Crippen LogP contribution in [0.4, 0.5) is 0 Å². The fourth-order valence-electron chi connectivity index (χ4n) is 9.49. The fourth-order valence-corrected chi connectivity index (χ4v) is 9.49. The number of esters is 1. The molecule has 0 aromatic rings. The van der Waals surface area contributed by atoms with Crippen LogP contribution in [0, 0.1) is 39.4 Å². The molecular weight excluding hydrogens is 608 g/mol. The first-order valence-electron chi connectivity index (χ1n) is 16.4. The van der Waals surface area contributed by atoms with Crippen LogP contribution in [0.5, 0.6) is 0 Å². The third kappa shape index (κ3) is 5.93. The molecule has 0 saturated heterocycles. The summed E-state index contributed by atoms with van der Waals surface area (Å²) in [5, 5.41) is 28.5. The lowest BCUT2D eigenvalue weighted by atomic mass is 9.42. The molecule has 0 heterocycles. The topological polar surface area (TPSA) is 189 Å². The maximum Gasteiger partial charge on any atom is 0.330 e. The largest absolute Gasteiger partial charge is 0.481 e. The van der Waals surface area contributed by atoms with Crippen LogP contribution in [0.15, 0.2) is 22.8 Å². The molecule has 258 valence electrons. The maximum atomic E-state index is 14.3. The van der Waals surface area contributed by atoms with Crippen molar-refractivity contribution in [3.8, 4) is 0 Å². The van der Waals surface area contributed by atoms with Crippen LogP contribution in [0.2, 0.25) is 0 Å². The predicted molar refractivity (Wildman–Crippen MR) is 168 cm³/mol. The molecule has 3 N–H and O–H groups in total. The van der Waals surface area contributed by atoms with Gasteiger partial charge < -0.3 is 20.1 Å². The minimum atomic E-state index is -1.86. The quantitative estimate of drug-likeness (QED) is 0.211. The Morgan fingerprint density at radius 3 is 2.21 bits per heavy atom. The molecule has 0 spiro atoms. The average Bonchev–Trinajstić information content (AvgIpc) is 3.15. The third-order valence-corrected chi connectivity index (χ3v) is 12.5. The summed E-state index contributed by atoms with van der Waals surface area (Å²) in [5.74, 6) is -4.98. The highest BCUT2D eigenvalue weighted by atomic mass is 16.5. The molecule has 4 aliphatic carbocycles. The SMILES string of the molecule is C/C(=C\CC[C@@H](C)[C@H]1CC(=O)[C@@]2(C)C3=C(C(=O)C[C@]12C)[C@@]1(C)CCC(=O)[C@@](C)(COC(=O)C[C@@](C)(O)CC(=O)O)[C@@H]1CC3=O)C(=O)O. The van der Waals surface area contributed by atoms with Gasteiger partial charge in [-0.25, -0.2) is 4.79 Å². The van der Waals surface area contributed by atoms with E-state index in [1.54, 1.807) is 19.9 Å². The Hall–Kier alpha value is -3.47. The van der Waals surface area contributed by atoms with Gasteiger partial charge in [-0.1, -0.05) is 26.8 Å². The van der Waals surface area contributed by atoms with E-state index in [0.29, 0.717) is 24.8 Å². The maximum absolute atomic E-state index is 14.3. The van der Waals surface area contributed by atoms with Gasteiger partial charge in [0.15, 0.2) is 11.6 Å². The Labute approximate surface area is 275 Å². The summed E-state index contributed by atoms with van der Waals surface area (Å²) in [6.45, 7) is 11.5. The first kappa shape index (κ1) is 36.4. The van der Waals surface area contributed by atoms with Crippen molar-refractivity contribution in [3.05, 3.63) is 22.8 Å². The summed E-state index contributed by atoms with van der Waals surface area (Å²) in [5.41, 5.74) is -5.37. The van der Waals surface area contributed by atoms with E-state index in [4.69, 9.17) is 9.84 Å². The van der Waals surface area contributed by atoms with E-state index in [-0.39, 0.29) is 71.8 Å². The van der Waals surface area contributed by atoms with E-state index in [1.165, 1.54) is 13.8 Å². The summed E-state index contributed by atoms with van der Waals surface area (Å²) >= 11 is 0. The van der Waals surface area contributed by atoms with Gasteiger partial charge in [0.2, 0.25) is 0 Å². The van der Waals surface area contributed by atoms with Crippen molar-refractivity contribution in [3.63, 3.8) is 0 Å². The number of carbonyl (C=O) groups excluding carboxylic acids is 5. The van der Waals surface area contributed by atoms with Gasteiger partial charge in [0.05, 0.1) is 29.3 Å². The van der Waals surface area contributed by atoms with Crippen LogP contribution in [0.1, 0.15) is 106 Å². The number of aliphatic hydroxyl groups is 1. The number of rotatable bonds is 11. The molecule has 0 radical (unpaired) electrons. The molecule has 0 amide bonds. The van der Waals surface area contributed by atoms with E-state index >= 15 is 0 Å². The number of carboxylic acid groups (broad SMARTS) is 2. The smallest absolute Gasteiger partial charge is 0.330 e. The third-order valence-electron chi connectivity index (χ3n) is 12.5. The molecule has 0 aliphatic heterocycles.